The molecular weight excluding hydrogens is 282 g/mol. The van der Waals surface area contributed by atoms with Gasteiger partial charge in [0, 0.05) is 0 Å². The molecule has 23 heavy (non-hydrogen) atoms. The molecule has 1 saturated heterocycles. The number of rotatable bonds is 4. The van der Waals surface area contributed by atoms with Gasteiger partial charge in [-0.05, 0) is 42.9 Å². The van der Waals surface area contributed by atoms with Crippen molar-refractivity contribution in [3.05, 3.63) is 66.5 Å². The van der Waals surface area contributed by atoms with Crippen molar-refractivity contribution in [2.45, 2.75) is 25.9 Å². The number of fused-ring (bicyclic) bond motifs is 1. The number of hydrogen-bond acceptors (Lipinski definition) is 1. The van der Waals surface area contributed by atoms with Gasteiger partial charge in [-0.25, -0.2) is 4.98 Å². The zero-order valence-corrected chi connectivity index (χ0v) is 13.5. The fourth-order valence-corrected chi connectivity index (χ4v) is 3.77. The summed E-state index contributed by atoms with van der Waals surface area (Å²) in [5.41, 5.74) is 3.85. The van der Waals surface area contributed by atoms with Crippen LogP contribution in [0.2, 0.25) is 0 Å². The predicted molar refractivity (Wildman–Crippen MR) is 93.3 cm³/mol. The van der Waals surface area contributed by atoms with Gasteiger partial charge in [-0.1, -0.05) is 42.5 Å². The van der Waals surface area contributed by atoms with Crippen LogP contribution in [0.5, 0.6) is 0 Å². The van der Waals surface area contributed by atoms with E-state index in [2.05, 4.69) is 64.1 Å². The molecule has 1 aliphatic rings. The molecule has 0 bridgehead atoms. The van der Waals surface area contributed by atoms with Crippen LogP contribution in [0.4, 0.5) is 0 Å². The Kier molecular flexibility index (Phi) is 4.12. The van der Waals surface area contributed by atoms with Crippen LogP contribution in [0.25, 0.3) is 11.0 Å². The first-order valence-electron chi connectivity index (χ1n) is 8.66. The van der Waals surface area contributed by atoms with E-state index in [1.807, 2.05) is 6.33 Å². The molecule has 0 radical (unpaired) electrons. The summed E-state index contributed by atoms with van der Waals surface area (Å²) in [5, 5.41) is 0. The molecule has 4 rings (SSSR count). The summed E-state index contributed by atoms with van der Waals surface area (Å²) in [6.07, 6.45) is 5.89. The molecule has 0 amide bonds. The number of hydrogen-bond donors (Lipinski definition) is 1. The lowest BCUT2D eigenvalue weighted by atomic mass is 9.90. The minimum Gasteiger partial charge on any atom is -0.318 e. The number of piperidine rings is 1. The number of likely N-dealkylation sites (tertiary alicyclic amines) is 1. The third kappa shape index (κ3) is 3.30. The number of aromatic nitrogens is 2. The van der Waals surface area contributed by atoms with E-state index in [1.165, 1.54) is 43.4 Å². The minimum atomic E-state index is 0.848. The standard InChI is InChI=1S/C20H23N3/c1-2-6-17(7-3-1)14-18-10-12-22(13-11-18)16-23-15-21-19-8-4-5-9-20(19)23/h1-9,15,18H,10-14,16H2/p+1. The lowest BCUT2D eigenvalue weighted by Crippen LogP contribution is -3.12. The molecule has 0 aliphatic carbocycles. The molecule has 1 aromatic heterocycles. The molecule has 3 aromatic rings. The Morgan fingerprint density at radius 2 is 1.70 bits per heavy atom. The summed E-state index contributed by atoms with van der Waals surface area (Å²) in [7, 11) is 0. The highest BCUT2D eigenvalue weighted by Gasteiger charge is 2.22. The Bertz CT molecular complexity index is 755. The topological polar surface area (TPSA) is 22.3 Å². The molecule has 0 spiro atoms. The first-order valence-corrected chi connectivity index (χ1v) is 8.66. The smallest absolute Gasteiger partial charge is 0.158 e. The molecule has 0 saturated carbocycles. The molecule has 1 aliphatic heterocycles. The summed E-state index contributed by atoms with van der Waals surface area (Å²) >= 11 is 0. The van der Waals surface area contributed by atoms with E-state index in [0.29, 0.717) is 0 Å². The zero-order valence-electron chi connectivity index (χ0n) is 13.5. The summed E-state index contributed by atoms with van der Waals surface area (Å²) in [5.74, 6) is 0.848. The summed E-state index contributed by atoms with van der Waals surface area (Å²) in [4.78, 5) is 6.18. The van der Waals surface area contributed by atoms with Crippen molar-refractivity contribution in [1.29, 1.82) is 0 Å². The second-order valence-corrected chi connectivity index (χ2v) is 6.74. The number of nitrogens with zero attached hydrogens (tertiary/aromatic N) is 2. The van der Waals surface area contributed by atoms with Gasteiger partial charge in [0.15, 0.2) is 6.67 Å². The number of benzene rings is 2. The van der Waals surface area contributed by atoms with Crippen molar-refractivity contribution in [3.8, 4) is 0 Å². The van der Waals surface area contributed by atoms with Crippen molar-refractivity contribution in [1.82, 2.24) is 9.55 Å². The van der Waals surface area contributed by atoms with Crippen LogP contribution in [0.1, 0.15) is 18.4 Å². The Balaban J connectivity index is 1.35. The van der Waals surface area contributed by atoms with Gasteiger partial charge < -0.3 is 4.90 Å². The lowest BCUT2D eigenvalue weighted by molar-refractivity contribution is -0.928. The summed E-state index contributed by atoms with van der Waals surface area (Å²) in [6, 6.07) is 19.3. The van der Waals surface area contributed by atoms with E-state index >= 15 is 0 Å². The van der Waals surface area contributed by atoms with Crippen LogP contribution in [0.15, 0.2) is 60.9 Å². The van der Waals surface area contributed by atoms with Gasteiger partial charge in [0.1, 0.15) is 6.33 Å². The number of para-hydroxylation sites is 2. The van der Waals surface area contributed by atoms with E-state index in [4.69, 9.17) is 0 Å². The van der Waals surface area contributed by atoms with Crippen molar-refractivity contribution in [2.24, 2.45) is 5.92 Å². The Morgan fingerprint density at radius 1 is 0.957 bits per heavy atom. The van der Waals surface area contributed by atoms with E-state index in [9.17, 15) is 0 Å². The lowest BCUT2D eigenvalue weighted by Gasteiger charge is -2.29. The average molecular weight is 306 g/mol. The molecule has 118 valence electrons. The molecule has 1 fully saturated rings. The fraction of sp³-hybridized carbons (Fsp3) is 0.350. The SMILES string of the molecule is c1ccc(CC2CC[NH+](Cn3cnc4ccccc43)CC2)cc1. The maximum Gasteiger partial charge on any atom is 0.158 e. The molecule has 1 N–H and O–H groups in total. The molecule has 0 unspecified atom stereocenters. The second kappa shape index (κ2) is 6.55. The highest BCUT2D eigenvalue weighted by Crippen LogP contribution is 2.17. The van der Waals surface area contributed by atoms with Crippen LogP contribution in [0.3, 0.4) is 0 Å². The Hall–Kier alpha value is -2.13. The number of imidazole rings is 1. The second-order valence-electron chi connectivity index (χ2n) is 6.74. The molecule has 3 nitrogen and oxygen atoms in total. The largest absolute Gasteiger partial charge is 0.318 e. The first kappa shape index (κ1) is 14.5. The van der Waals surface area contributed by atoms with Gasteiger partial charge in [-0.15, -0.1) is 0 Å². The van der Waals surface area contributed by atoms with E-state index in [1.54, 1.807) is 4.90 Å². The highest BCUT2D eigenvalue weighted by molar-refractivity contribution is 5.74. The molecule has 2 aromatic carbocycles. The predicted octanol–water partition coefficient (Wildman–Crippen LogP) is 2.53. The zero-order chi connectivity index (χ0) is 15.5. The average Bonchev–Trinajstić information content (AvgIpc) is 3.01. The van der Waals surface area contributed by atoms with Crippen molar-refractivity contribution >= 4 is 11.0 Å². The maximum atomic E-state index is 4.50. The third-order valence-corrected chi connectivity index (χ3v) is 5.10. The third-order valence-electron chi connectivity index (χ3n) is 5.10. The summed E-state index contributed by atoms with van der Waals surface area (Å²) in [6.45, 7) is 3.58. The minimum absolute atomic E-state index is 0.848. The van der Waals surface area contributed by atoms with E-state index < -0.39 is 0 Å². The first-order chi connectivity index (χ1) is 11.4. The quantitative estimate of drug-likeness (QED) is 0.786. The Morgan fingerprint density at radius 3 is 2.52 bits per heavy atom. The van der Waals surface area contributed by atoms with E-state index in [-0.39, 0.29) is 0 Å². The van der Waals surface area contributed by atoms with Crippen molar-refractivity contribution < 1.29 is 4.90 Å². The van der Waals surface area contributed by atoms with Gasteiger partial charge in [-0.2, -0.15) is 0 Å². The van der Waals surface area contributed by atoms with Crippen LogP contribution in [-0.2, 0) is 13.1 Å². The molecule has 3 heteroatoms. The molecule has 2 heterocycles. The fourth-order valence-electron chi connectivity index (χ4n) is 3.77. The summed E-state index contributed by atoms with van der Waals surface area (Å²) < 4.78 is 2.31. The van der Waals surface area contributed by atoms with Gasteiger partial charge >= 0.3 is 0 Å². The van der Waals surface area contributed by atoms with Crippen LogP contribution in [0, 0.1) is 5.92 Å². The number of nitrogens with one attached hydrogen (secondary N) is 1. The molecular formula is C20H24N3+. The van der Waals surface area contributed by atoms with Crippen molar-refractivity contribution in [3.63, 3.8) is 0 Å². The normalized spacial score (nSPS) is 21.6. The highest BCUT2D eigenvalue weighted by atomic mass is 15.3. The van der Waals surface area contributed by atoms with Crippen molar-refractivity contribution in [2.75, 3.05) is 13.1 Å². The van der Waals surface area contributed by atoms with Crippen LogP contribution in [-0.4, -0.2) is 22.6 Å². The monoisotopic (exact) mass is 306 g/mol. The van der Waals surface area contributed by atoms with Gasteiger partial charge in [-0.3, -0.25) is 4.57 Å². The maximum absolute atomic E-state index is 4.50. The van der Waals surface area contributed by atoms with E-state index in [0.717, 1.165) is 18.1 Å². The Labute approximate surface area is 137 Å². The van der Waals surface area contributed by atoms with Gasteiger partial charge in [0.2, 0.25) is 0 Å². The van der Waals surface area contributed by atoms with Crippen LogP contribution >= 0.6 is 0 Å². The van der Waals surface area contributed by atoms with Crippen LogP contribution < -0.4 is 4.90 Å². The van der Waals surface area contributed by atoms with Gasteiger partial charge in [0.05, 0.1) is 24.1 Å². The molecule has 0 atom stereocenters. The number of quaternary nitrogens is 1. The van der Waals surface area contributed by atoms with Gasteiger partial charge in [0.25, 0.3) is 0 Å².